The molecule has 0 unspecified atom stereocenters. The van der Waals surface area contributed by atoms with Gasteiger partial charge in [-0.25, -0.2) is 4.68 Å². The average Bonchev–Trinajstić information content (AvgIpc) is 3.42. The van der Waals surface area contributed by atoms with Gasteiger partial charge in [0.25, 0.3) is 5.91 Å². The highest BCUT2D eigenvalue weighted by molar-refractivity contribution is 5.95. The predicted octanol–water partition coefficient (Wildman–Crippen LogP) is 4.07. The van der Waals surface area contributed by atoms with Gasteiger partial charge in [0.15, 0.2) is 11.5 Å². The van der Waals surface area contributed by atoms with E-state index >= 15 is 0 Å². The number of nitrogens with zero attached hydrogens (tertiary/aromatic N) is 4. The van der Waals surface area contributed by atoms with Gasteiger partial charge in [0.1, 0.15) is 0 Å². The summed E-state index contributed by atoms with van der Waals surface area (Å²) in [6.45, 7) is 0.0940. The van der Waals surface area contributed by atoms with Gasteiger partial charge in [-0.3, -0.25) is 4.79 Å². The molecular formula is C22H18F3N5O. The molecule has 1 N–H and O–H groups in total. The summed E-state index contributed by atoms with van der Waals surface area (Å²) in [4.78, 5) is 12.8. The average molecular weight is 425 g/mol. The molecule has 0 bridgehead atoms. The fraction of sp³-hybridized carbons (Fsp3) is 0.136. The minimum absolute atomic E-state index is 0.0246. The molecule has 9 heteroatoms. The molecule has 158 valence electrons. The van der Waals surface area contributed by atoms with E-state index in [0.29, 0.717) is 12.4 Å². The maximum absolute atomic E-state index is 13.2. The van der Waals surface area contributed by atoms with E-state index in [1.54, 1.807) is 33.8 Å². The van der Waals surface area contributed by atoms with Gasteiger partial charge in [-0.15, -0.1) is 5.10 Å². The van der Waals surface area contributed by atoms with Gasteiger partial charge >= 0.3 is 6.18 Å². The summed E-state index contributed by atoms with van der Waals surface area (Å²) < 4.78 is 42.9. The van der Waals surface area contributed by atoms with Crippen LogP contribution in [0.5, 0.6) is 0 Å². The van der Waals surface area contributed by atoms with Crippen molar-refractivity contribution in [2.24, 2.45) is 0 Å². The van der Waals surface area contributed by atoms with Gasteiger partial charge in [-0.05, 0) is 29.3 Å². The van der Waals surface area contributed by atoms with E-state index in [1.807, 2.05) is 30.3 Å². The zero-order chi connectivity index (χ0) is 21.8. The maximum atomic E-state index is 13.2. The van der Waals surface area contributed by atoms with Gasteiger partial charge in [-0.2, -0.15) is 13.2 Å². The Hall–Kier alpha value is -3.88. The third-order valence-corrected chi connectivity index (χ3v) is 4.71. The highest BCUT2D eigenvalue weighted by Crippen LogP contribution is 2.31. The number of nitrogens with one attached hydrogen (secondary N) is 1. The molecular weight excluding hydrogens is 407 g/mol. The Bertz CT molecular complexity index is 1170. The van der Waals surface area contributed by atoms with Crippen molar-refractivity contribution >= 4 is 5.91 Å². The van der Waals surface area contributed by atoms with Crippen LogP contribution in [-0.2, 0) is 19.3 Å². The van der Waals surface area contributed by atoms with Crippen LogP contribution >= 0.6 is 0 Å². The largest absolute Gasteiger partial charge is 0.416 e. The SMILES string of the molecule is O=C(NCc1ccccc1C(F)(F)F)c1nnn(Cc2ccccc2)c1-n1cccc1. The second-order valence-electron chi connectivity index (χ2n) is 6.83. The molecule has 1 amide bonds. The Kier molecular flexibility index (Phi) is 5.57. The standard InChI is InChI=1S/C22H18F3N5O/c23-22(24,25)18-11-5-4-10-17(18)14-26-20(31)19-21(29-12-6-7-13-29)30(28-27-19)15-16-8-2-1-3-9-16/h1-13H,14-15H2,(H,26,31). The molecule has 0 spiro atoms. The van der Waals surface area contributed by atoms with E-state index in [-0.39, 0.29) is 17.8 Å². The fourth-order valence-corrected chi connectivity index (χ4v) is 3.26. The van der Waals surface area contributed by atoms with Crippen molar-refractivity contribution in [2.75, 3.05) is 0 Å². The zero-order valence-corrected chi connectivity index (χ0v) is 16.3. The van der Waals surface area contributed by atoms with Crippen LogP contribution in [0.4, 0.5) is 13.2 Å². The van der Waals surface area contributed by atoms with Crippen LogP contribution in [0.3, 0.4) is 0 Å². The molecule has 6 nitrogen and oxygen atoms in total. The molecule has 0 saturated carbocycles. The number of rotatable bonds is 6. The number of amides is 1. The number of hydrogen-bond donors (Lipinski definition) is 1. The van der Waals surface area contributed by atoms with E-state index in [0.717, 1.165) is 11.6 Å². The lowest BCUT2D eigenvalue weighted by atomic mass is 10.1. The van der Waals surface area contributed by atoms with Crippen LogP contribution in [0.1, 0.15) is 27.2 Å². The predicted molar refractivity (Wildman–Crippen MR) is 108 cm³/mol. The number of carbonyl (C=O) groups is 1. The molecule has 31 heavy (non-hydrogen) atoms. The molecule has 0 radical (unpaired) electrons. The second-order valence-corrected chi connectivity index (χ2v) is 6.83. The molecule has 2 aromatic carbocycles. The Morgan fingerprint density at radius 1 is 0.935 bits per heavy atom. The number of aromatic nitrogens is 4. The molecule has 4 rings (SSSR count). The third kappa shape index (κ3) is 4.50. The first kappa shape index (κ1) is 20.4. The Morgan fingerprint density at radius 2 is 1.61 bits per heavy atom. The summed E-state index contributed by atoms with van der Waals surface area (Å²) in [6.07, 6.45) is -1.01. The highest BCUT2D eigenvalue weighted by Gasteiger charge is 2.33. The lowest BCUT2D eigenvalue weighted by Gasteiger charge is -2.13. The first-order valence-corrected chi connectivity index (χ1v) is 9.47. The molecule has 4 aromatic rings. The second kappa shape index (κ2) is 8.47. The van der Waals surface area contributed by atoms with Crippen molar-refractivity contribution in [3.63, 3.8) is 0 Å². The summed E-state index contributed by atoms with van der Waals surface area (Å²) in [5.41, 5.74) is 0.180. The normalized spacial score (nSPS) is 11.5. The van der Waals surface area contributed by atoms with Gasteiger partial charge in [0.2, 0.25) is 0 Å². The number of alkyl halides is 3. The Labute approximate surface area is 175 Å². The summed E-state index contributed by atoms with van der Waals surface area (Å²) >= 11 is 0. The van der Waals surface area contributed by atoms with E-state index < -0.39 is 17.6 Å². The van der Waals surface area contributed by atoms with Crippen LogP contribution in [-0.4, -0.2) is 25.5 Å². The summed E-state index contributed by atoms with van der Waals surface area (Å²) in [7, 11) is 0. The van der Waals surface area contributed by atoms with Crippen molar-refractivity contribution in [2.45, 2.75) is 19.3 Å². The topological polar surface area (TPSA) is 64.7 Å². The number of hydrogen-bond acceptors (Lipinski definition) is 3. The van der Waals surface area contributed by atoms with Crippen molar-refractivity contribution in [1.29, 1.82) is 0 Å². The molecule has 2 heterocycles. The molecule has 0 saturated heterocycles. The summed E-state index contributed by atoms with van der Waals surface area (Å²) in [6, 6.07) is 18.3. The molecule has 0 atom stereocenters. The smallest absolute Gasteiger partial charge is 0.346 e. The first-order chi connectivity index (χ1) is 14.9. The maximum Gasteiger partial charge on any atom is 0.416 e. The summed E-state index contributed by atoms with van der Waals surface area (Å²) in [5, 5.41) is 10.7. The lowest BCUT2D eigenvalue weighted by molar-refractivity contribution is -0.138. The highest BCUT2D eigenvalue weighted by atomic mass is 19.4. The summed E-state index contributed by atoms with van der Waals surface area (Å²) in [5.74, 6) is -0.185. The van der Waals surface area contributed by atoms with Crippen molar-refractivity contribution in [3.8, 4) is 5.82 Å². The Balaban J connectivity index is 1.61. The molecule has 0 fully saturated rings. The van der Waals surface area contributed by atoms with Gasteiger partial charge in [0.05, 0.1) is 12.1 Å². The monoisotopic (exact) mass is 425 g/mol. The van der Waals surface area contributed by atoms with Crippen molar-refractivity contribution < 1.29 is 18.0 Å². The molecule has 2 aromatic heterocycles. The number of carbonyl (C=O) groups excluding carboxylic acids is 1. The fourth-order valence-electron chi connectivity index (χ4n) is 3.26. The first-order valence-electron chi connectivity index (χ1n) is 9.47. The van der Waals surface area contributed by atoms with E-state index in [4.69, 9.17) is 0 Å². The number of halogens is 3. The van der Waals surface area contributed by atoms with Crippen molar-refractivity contribution in [3.05, 3.63) is 102 Å². The van der Waals surface area contributed by atoms with Gasteiger partial charge in [-0.1, -0.05) is 53.7 Å². The molecule has 0 aliphatic heterocycles. The minimum atomic E-state index is -4.50. The van der Waals surface area contributed by atoms with Crippen LogP contribution in [0.25, 0.3) is 5.82 Å². The van der Waals surface area contributed by atoms with Gasteiger partial charge < -0.3 is 9.88 Å². The lowest BCUT2D eigenvalue weighted by Crippen LogP contribution is -2.26. The Morgan fingerprint density at radius 3 is 2.32 bits per heavy atom. The van der Waals surface area contributed by atoms with Crippen LogP contribution < -0.4 is 5.32 Å². The minimum Gasteiger partial charge on any atom is -0.346 e. The van der Waals surface area contributed by atoms with Gasteiger partial charge in [0, 0.05) is 18.9 Å². The molecule has 0 aliphatic rings. The van der Waals surface area contributed by atoms with E-state index in [1.165, 1.54) is 18.2 Å². The van der Waals surface area contributed by atoms with Crippen LogP contribution in [0.15, 0.2) is 79.1 Å². The van der Waals surface area contributed by atoms with E-state index in [2.05, 4.69) is 15.6 Å². The van der Waals surface area contributed by atoms with Crippen LogP contribution in [0, 0.1) is 0 Å². The van der Waals surface area contributed by atoms with Crippen LogP contribution in [0.2, 0.25) is 0 Å². The van der Waals surface area contributed by atoms with E-state index in [9.17, 15) is 18.0 Å². The zero-order valence-electron chi connectivity index (χ0n) is 16.3. The van der Waals surface area contributed by atoms with Crippen molar-refractivity contribution in [1.82, 2.24) is 24.9 Å². The number of benzene rings is 2. The molecule has 0 aliphatic carbocycles. The third-order valence-electron chi connectivity index (χ3n) is 4.71. The quantitative estimate of drug-likeness (QED) is 0.507.